The van der Waals surface area contributed by atoms with Crippen molar-refractivity contribution >= 4 is 39.0 Å². The highest BCUT2D eigenvalue weighted by Gasteiger charge is 2.39. The van der Waals surface area contributed by atoms with Crippen LogP contribution >= 0.6 is 0 Å². The third-order valence-corrected chi connectivity index (χ3v) is 12.7. The Hall–Kier alpha value is -6.64. The summed E-state index contributed by atoms with van der Waals surface area (Å²) in [5, 5.41) is 2.28. The Labute approximate surface area is 328 Å². The molecule has 0 bridgehead atoms. The molecule has 0 N–H and O–H groups in total. The van der Waals surface area contributed by atoms with Crippen LogP contribution in [0.4, 0.5) is 17.1 Å². The number of benzene rings is 8. The van der Waals surface area contributed by atoms with Crippen LogP contribution in [0.25, 0.3) is 66.4 Å². The van der Waals surface area contributed by atoms with Gasteiger partial charge >= 0.3 is 0 Å². The minimum atomic E-state index is -0.123. The fourth-order valence-electron chi connectivity index (χ4n) is 9.91. The van der Waals surface area contributed by atoms with Crippen LogP contribution in [-0.2, 0) is 10.8 Å². The maximum Gasteiger partial charge on any atom is 0.135 e. The van der Waals surface area contributed by atoms with Gasteiger partial charge in [0.1, 0.15) is 11.2 Å². The van der Waals surface area contributed by atoms with Gasteiger partial charge in [-0.15, -0.1) is 0 Å². The summed E-state index contributed by atoms with van der Waals surface area (Å²) in [7, 11) is 0. The summed E-state index contributed by atoms with van der Waals surface area (Å²) in [5.74, 6) is 0. The second kappa shape index (κ2) is 11.9. The minimum Gasteiger partial charge on any atom is -0.456 e. The molecule has 0 saturated heterocycles. The smallest absolute Gasteiger partial charge is 0.135 e. The van der Waals surface area contributed by atoms with Crippen molar-refractivity contribution in [1.82, 2.24) is 0 Å². The molecule has 0 spiro atoms. The number of para-hydroxylation sites is 2. The van der Waals surface area contributed by atoms with E-state index in [1.54, 1.807) is 0 Å². The molecule has 11 rings (SSSR count). The molecule has 2 aliphatic carbocycles. The third kappa shape index (κ3) is 4.62. The molecule has 2 heteroatoms. The first kappa shape index (κ1) is 32.8. The van der Waals surface area contributed by atoms with Crippen LogP contribution in [0, 0.1) is 0 Å². The first-order chi connectivity index (χ1) is 27.3. The number of hydrogen-bond acceptors (Lipinski definition) is 2. The van der Waals surface area contributed by atoms with Crippen LogP contribution in [0.1, 0.15) is 49.9 Å². The van der Waals surface area contributed by atoms with Gasteiger partial charge in [-0.1, -0.05) is 161 Å². The molecule has 0 unspecified atom stereocenters. The molecule has 0 aliphatic heterocycles. The van der Waals surface area contributed by atoms with E-state index in [9.17, 15) is 0 Å². The summed E-state index contributed by atoms with van der Waals surface area (Å²) >= 11 is 0. The summed E-state index contributed by atoms with van der Waals surface area (Å²) in [6, 6.07) is 64.7. The minimum absolute atomic E-state index is 0.0896. The zero-order valence-electron chi connectivity index (χ0n) is 32.1. The molecular weight excluding hydrogens is 679 g/mol. The van der Waals surface area contributed by atoms with Crippen LogP contribution in [0.2, 0.25) is 0 Å². The standard InChI is InChI=1S/C54H41NO/c1-53(2)43-20-9-5-17-40(43)51-39(19-13-22-45(51)53)37-15-7-11-24-47(37)55(48-25-14-23-46-52(48)41-18-6-10-21-44(41)54(46,3)4)36-30-27-34(28-31-36)35-29-32-50-42(33-35)38-16-8-12-26-49(38)56-50/h5-33H,1-4H3. The van der Waals surface area contributed by atoms with Crippen LogP contribution in [-0.4, -0.2) is 0 Å². The lowest BCUT2D eigenvalue weighted by Gasteiger charge is -2.31. The number of nitrogens with zero attached hydrogens (tertiary/aromatic N) is 1. The lowest BCUT2D eigenvalue weighted by molar-refractivity contribution is 0.660. The Morgan fingerprint density at radius 3 is 1.64 bits per heavy atom. The van der Waals surface area contributed by atoms with Crippen LogP contribution in [0.5, 0.6) is 0 Å². The van der Waals surface area contributed by atoms with E-state index >= 15 is 0 Å². The zero-order valence-corrected chi connectivity index (χ0v) is 32.1. The van der Waals surface area contributed by atoms with E-state index in [1.807, 2.05) is 12.1 Å². The lowest BCUT2D eigenvalue weighted by Crippen LogP contribution is -2.16. The summed E-state index contributed by atoms with van der Waals surface area (Å²) in [4.78, 5) is 2.51. The van der Waals surface area contributed by atoms with Gasteiger partial charge in [0, 0.05) is 38.4 Å². The molecule has 1 heterocycles. The van der Waals surface area contributed by atoms with Gasteiger partial charge in [-0.05, 0) is 98.1 Å². The van der Waals surface area contributed by atoms with Gasteiger partial charge in [-0.3, -0.25) is 0 Å². The van der Waals surface area contributed by atoms with Crippen molar-refractivity contribution in [1.29, 1.82) is 0 Å². The first-order valence-electron chi connectivity index (χ1n) is 19.7. The SMILES string of the molecule is CC1(C)c2ccccc2-c2c(-c3ccccc3N(c3ccc(-c4ccc5oc6ccccc6c5c4)cc3)c3cccc4c3-c3ccccc3C4(C)C)cccc21. The van der Waals surface area contributed by atoms with E-state index in [4.69, 9.17) is 4.42 Å². The van der Waals surface area contributed by atoms with Crippen molar-refractivity contribution in [3.8, 4) is 44.5 Å². The molecule has 8 aromatic carbocycles. The number of anilines is 3. The molecule has 9 aromatic rings. The molecular formula is C54H41NO. The maximum absolute atomic E-state index is 6.17. The van der Waals surface area contributed by atoms with Crippen molar-refractivity contribution in [2.75, 3.05) is 4.90 Å². The number of fused-ring (bicyclic) bond motifs is 9. The Morgan fingerprint density at radius 1 is 0.375 bits per heavy atom. The number of hydrogen-bond donors (Lipinski definition) is 0. The molecule has 0 amide bonds. The second-order valence-electron chi connectivity index (χ2n) is 16.5. The average Bonchev–Trinajstić information content (AvgIpc) is 3.81. The molecule has 268 valence electrons. The summed E-state index contributed by atoms with van der Waals surface area (Å²) in [6.07, 6.45) is 0. The van der Waals surface area contributed by atoms with Crippen molar-refractivity contribution in [3.05, 3.63) is 198 Å². The average molecular weight is 720 g/mol. The Kier molecular flexibility index (Phi) is 6.98. The predicted octanol–water partition coefficient (Wildman–Crippen LogP) is 15.0. The van der Waals surface area contributed by atoms with Gasteiger partial charge < -0.3 is 9.32 Å². The normalized spacial score (nSPS) is 14.4. The van der Waals surface area contributed by atoms with E-state index in [1.165, 1.54) is 72.4 Å². The van der Waals surface area contributed by atoms with Gasteiger partial charge in [0.25, 0.3) is 0 Å². The fourth-order valence-corrected chi connectivity index (χ4v) is 9.91. The first-order valence-corrected chi connectivity index (χ1v) is 19.7. The van der Waals surface area contributed by atoms with Crippen LogP contribution < -0.4 is 4.90 Å². The van der Waals surface area contributed by atoms with E-state index in [-0.39, 0.29) is 10.8 Å². The Bertz CT molecular complexity index is 3030. The zero-order chi connectivity index (χ0) is 37.8. The van der Waals surface area contributed by atoms with Crippen molar-refractivity contribution < 1.29 is 4.42 Å². The number of rotatable bonds is 5. The van der Waals surface area contributed by atoms with Gasteiger partial charge in [-0.25, -0.2) is 0 Å². The van der Waals surface area contributed by atoms with Crippen molar-refractivity contribution in [2.24, 2.45) is 0 Å². The third-order valence-electron chi connectivity index (χ3n) is 12.7. The van der Waals surface area contributed by atoms with Gasteiger partial charge in [0.05, 0.1) is 11.4 Å². The van der Waals surface area contributed by atoms with E-state index < -0.39 is 0 Å². The molecule has 2 aliphatic rings. The largest absolute Gasteiger partial charge is 0.456 e. The maximum atomic E-state index is 6.17. The highest BCUT2D eigenvalue weighted by molar-refractivity contribution is 6.06. The number of furan rings is 1. The van der Waals surface area contributed by atoms with E-state index in [2.05, 4.69) is 196 Å². The Morgan fingerprint density at radius 2 is 0.893 bits per heavy atom. The van der Waals surface area contributed by atoms with Gasteiger partial charge in [0.2, 0.25) is 0 Å². The van der Waals surface area contributed by atoms with Crippen LogP contribution in [0.15, 0.2) is 180 Å². The lowest BCUT2D eigenvalue weighted by atomic mass is 9.82. The molecule has 0 radical (unpaired) electrons. The van der Waals surface area contributed by atoms with Crippen molar-refractivity contribution in [2.45, 2.75) is 38.5 Å². The summed E-state index contributed by atoms with van der Waals surface area (Å²) in [5.41, 5.74) is 20.6. The summed E-state index contributed by atoms with van der Waals surface area (Å²) in [6.45, 7) is 9.45. The molecule has 0 atom stereocenters. The van der Waals surface area contributed by atoms with Crippen molar-refractivity contribution in [3.63, 3.8) is 0 Å². The molecule has 0 fully saturated rings. The quantitative estimate of drug-likeness (QED) is 0.176. The summed E-state index contributed by atoms with van der Waals surface area (Å²) < 4.78 is 6.17. The Balaban J connectivity index is 1.13. The van der Waals surface area contributed by atoms with Crippen LogP contribution in [0.3, 0.4) is 0 Å². The van der Waals surface area contributed by atoms with E-state index in [0.29, 0.717) is 0 Å². The topological polar surface area (TPSA) is 16.4 Å². The van der Waals surface area contributed by atoms with Gasteiger partial charge in [-0.2, -0.15) is 0 Å². The molecule has 1 aromatic heterocycles. The highest BCUT2D eigenvalue weighted by atomic mass is 16.3. The molecule has 0 saturated carbocycles. The highest BCUT2D eigenvalue weighted by Crippen LogP contribution is 2.57. The predicted molar refractivity (Wildman–Crippen MR) is 234 cm³/mol. The monoisotopic (exact) mass is 719 g/mol. The fraction of sp³-hybridized carbons (Fsp3) is 0.111. The van der Waals surface area contributed by atoms with Gasteiger partial charge in [0.15, 0.2) is 0 Å². The van der Waals surface area contributed by atoms with E-state index in [0.717, 1.165) is 33.3 Å². The molecule has 2 nitrogen and oxygen atoms in total. The molecule has 56 heavy (non-hydrogen) atoms. The second-order valence-corrected chi connectivity index (χ2v) is 16.5.